The monoisotopic (exact) mass is 230 g/mol. The van der Waals surface area contributed by atoms with Crippen LogP contribution in [-0.4, -0.2) is 10.9 Å². The topological polar surface area (TPSA) is 37.3 Å². The molecule has 2 rings (SSSR count). The molecule has 0 aliphatic heterocycles. The average molecular weight is 230 g/mol. The molecule has 0 fully saturated rings. The summed E-state index contributed by atoms with van der Waals surface area (Å²) >= 11 is 1.50. The highest BCUT2D eigenvalue weighted by Gasteiger charge is 2.00. The Morgan fingerprint density at radius 1 is 1.31 bits per heavy atom. The lowest BCUT2D eigenvalue weighted by Gasteiger charge is -1.94. The summed E-state index contributed by atoms with van der Waals surface area (Å²) in [5, 5.41) is 12.9. The fraction of sp³-hybridized carbons (Fsp3) is 0. The molecule has 0 bridgehead atoms. The minimum atomic E-state index is -0.0235. The third kappa shape index (κ3) is 2.58. The van der Waals surface area contributed by atoms with E-state index in [2.05, 4.69) is 0 Å². The van der Waals surface area contributed by atoms with Crippen LogP contribution in [0.2, 0.25) is 0 Å². The molecule has 0 unspecified atom stereocenters. The third-order valence-electron chi connectivity index (χ3n) is 2.10. The number of carbonyl (C=O) groups is 1. The first kappa shape index (κ1) is 10.6. The van der Waals surface area contributed by atoms with E-state index >= 15 is 0 Å². The van der Waals surface area contributed by atoms with E-state index in [4.69, 9.17) is 0 Å². The van der Waals surface area contributed by atoms with E-state index in [-0.39, 0.29) is 11.5 Å². The third-order valence-corrected chi connectivity index (χ3v) is 2.79. The Labute approximate surface area is 97.5 Å². The van der Waals surface area contributed by atoms with Gasteiger partial charge in [-0.25, -0.2) is 0 Å². The molecular formula is C13H10O2S. The molecular weight excluding hydrogens is 220 g/mol. The second kappa shape index (κ2) is 4.77. The largest absolute Gasteiger partial charge is 0.508 e. The van der Waals surface area contributed by atoms with E-state index in [1.165, 1.54) is 17.4 Å². The number of carbonyl (C=O) groups excluding carboxylic acids is 1. The number of hydrogen-bond donors (Lipinski definition) is 1. The Morgan fingerprint density at radius 2 is 2.19 bits per heavy atom. The summed E-state index contributed by atoms with van der Waals surface area (Å²) in [6, 6.07) is 8.57. The van der Waals surface area contributed by atoms with Gasteiger partial charge in [0.15, 0.2) is 5.78 Å². The van der Waals surface area contributed by atoms with Crippen LogP contribution in [0.3, 0.4) is 0 Å². The van der Waals surface area contributed by atoms with Crippen molar-refractivity contribution in [3.8, 4) is 5.75 Å². The number of ketones is 1. The van der Waals surface area contributed by atoms with Crippen molar-refractivity contribution in [1.29, 1.82) is 0 Å². The molecule has 3 heteroatoms. The zero-order valence-corrected chi connectivity index (χ0v) is 9.28. The minimum absolute atomic E-state index is 0.0235. The van der Waals surface area contributed by atoms with Gasteiger partial charge in [-0.05, 0) is 35.2 Å². The van der Waals surface area contributed by atoms with Gasteiger partial charge in [-0.2, -0.15) is 11.3 Å². The van der Waals surface area contributed by atoms with E-state index in [0.29, 0.717) is 5.56 Å². The Morgan fingerprint density at radius 3 is 2.88 bits per heavy atom. The highest BCUT2D eigenvalue weighted by Crippen LogP contribution is 2.13. The predicted octanol–water partition coefficient (Wildman–Crippen LogP) is 3.35. The van der Waals surface area contributed by atoms with Gasteiger partial charge in [0.1, 0.15) is 5.75 Å². The summed E-state index contributed by atoms with van der Waals surface area (Å²) < 4.78 is 0. The van der Waals surface area contributed by atoms with Gasteiger partial charge in [-0.15, -0.1) is 0 Å². The van der Waals surface area contributed by atoms with Gasteiger partial charge in [-0.3, -0.25) is 4.79 Å². The maximum atomic E-state index is 11.6. The lowest BCUT2D eigenvalue weighted by molar-refractivity contribution is 0.104. The van der Waals surface area contributed by atoms with Crippen LogP contribution in [0.1, 0.15) is 15.9 Å². The van der Waals surface area contributed by atoms with Crippen molar-refractivity contribution in [1.82, 2.24) is 0 Å². The number of hydrogen-bond acceptors (Lipinski definition) is 3. The van der Waals surface area contributed by atoms with Crippen molar-refractivity contribution in [2.75, 3.05) is 0 Å². The number of aromatic hydroxyl groups is 1. The van der Waals surface area contributed by atoms with Crippen molar-refractivity contribution < 1.29 is 9.90 Å². The standard InChI is InChI=1S/C13H10O2S/c14-12-3-1-2-10(8-12)4-5-13(15)11-6-7-16-9-11/h1-9,14H. The average Bonchev–Trinajstić information content (AvgIpc) is 2.79. The lowest BCUT2D eigenvalue weighted by atomic mass is 10.1. The molecule has 0 atom stereocenters. The molecule has 1 aromatic heterocycles. The van der Waals surface area contributed by atoms with Crippen LogP contribution >= 0.6 is 11.3 Å². The van der Waals surface area contributed by atoms with Crippen LogP contribution in [-0.2, 0) is 0 Å². The van der Waals surface area contributed by atoms with Gasteiger partial charge < -0.3 is 5.11 Å². The number of benzene rings is 1. The Bertz CT molecular complexity index is 512. The van der Waals surface area contributed by atoms with Gasteiger partial charge >= 0.3 is 0 Å². The van der Waals surface area contributed by atoms with Gasteiger partial charge in [0.05, 0.1) is 0 Å². The number of phenols is 1. The Balaban J connectivity index is 2.13. The lowest BCUT2D eigenvalue weighted by Crippen LogP contribution is -1.89. The number of rotatable bonds is 3. The molecule has 2 nitrogen and oxygen atoms in total. The molecule has 1 aromatic carbocycles. The molecule has 0 amide bonds. The van der Waals surface area contributed by atoms with Crippen LogP contribution in [0.15, 0.2) is 47.2 Å². The quantitative estimate of drug-likeness (QED) is 0.648. The molecule has 2 aromatic rings. The molecule has 0 aliphatic rings. The SMILES string of the molecule is O=C(C=Cc1cccc(O)c1)c1ccsc1. The van der Waals surface area contributed by atoms with Crippen molar-refractivity contribution in [3.05, 3.63) is 58.3 Å². The first-order valence-electron chi connectivity index (χ1n) is 4.79. The van der Waals surface area contributed by atoms with Crippen LogP contribution in [0, 0.1) is 0 Å². The summed E-state index contributed by atoms with van der Waals surface area (Å²) in [7, 11) is 0. The van der Waals surface area contributed by atoms with E-state index in [9.17, 15) is 9.90 Å². The second-order valence-electron chi connectivity index (χ2n) is 3.30. The summed E-state index contributed by atoms with van der Waals surface area (Å²) in [6.45, 7) is 0. The van der Waals surface area contributed by atoms with Crippen LogP contribution in [0.25, 0.3) is 6.08 Å². The Hall–Kier alpha value is -1.87. The normalized spacial score (nSPS) is 10.8. The number of phenolic OH excluding ortho intramolecular Hbond substituents is 1. The zero-order chi connectivity index (χ0) is 11.4. The van der Waals surface area contributed by atoms with E-state index in [1.807, 2.05) is 16.8 Å². The van der Waals surface area contributed by atoms with Crippen molar-refractivity contribution >= 4 is 23.2 Å². The molecule has 1 N–H and O–H groups in total. The molecule has 0 saturated carbocycles. The maximum absolute atomic E-state index is 11.6. The van der Waals surface area contributed by atoms with Crippen LogP contribution in [0.5, 0.6) is 5.75 Å². The van der Waals surface area contributed by atoms with Crippen molar-refractivity contribution in [2.24, 2.45) is 0 Å². The summed E-state index contributed by atoms with van der Waals surface area (Å²) in [4.78, 5) is 11.6. The first-order valence-corrected chi connectivity index (χ1v) is 5.73. The summed E-state index contributed by atoms with van der Waals surface area (Å²) in [5.41, 5.74) is 1.50. The summed E-state index contributed by atoms with van der Waals surface area (Å²) in [5.74, 6) is 0.176. The molecule has 0 radical (unpaired) electrons. The van der Waals surface area contributed by atoms with E-state index in [1.54, 1.807) is 30.3 Å². The minimum Gasteiger partial charge on any atom is -0.508 e. The second-order valence-corrected chi connectivity index (χ2v) is 4.08. The predicted molar refractivity (Wildman–Crippen MR) is 65.8 cm³/mol. The number of thiophene rings is 1. The smallest absolute Gasteiger partial charge is 0.186 e. The maximum Gasteiger partial charge on any atom is 0.186 e. The molecule has 0 spiro atoms. The highest BCUT2D eigenvalue weighted by atomic mass is 32.1. The van der Waals surface area contributed by atoms with Crippen molar-refractivity contribution in [3.63, 3.8) is 0 Å². The first-order chi connectivity index (χ1) is 7.75. The molecule has 80 valence electrons. The highest BCUT2D eigenvalue weighted by molar-refractivity contribution is 7.08. The van der Waals surface area contributed by atoms with E-state index in [0.717, 1.165) is 5.56 Å². The van der Waals surface area contributed by atoms with Crippen molar-refractivity contribution in [2.45, 2.75) is 0 Å². The zero-order valence-electron chi connectivity index (χ0n) is 8.46. The van der Waals surface area contributed by atoms with E-state index < -0.39 is 0 Å². The molecule has 0 aliphatic carbocycles. The van der Waals surface area contributed by atoms with Gasteiger partial charge in [0.25, 0.3) is 0 Å². The Kier molecular flexibility index (Phi) is 3.17. The molecule has 0 saturated heterocycles. The van der Waals surface area contributed by atoms with Crippen LogP contribution in [0.4, 0.5) is 0 Å². The van der Waals surface area contributed by atoms with Gasteiger partial charge in [0.2, 0.25) is 0 Å². The van der Waals surface area contributed by atoms with Crippen LogP contribution < -0.4 is 0 Å². The number of allylic oxidation sites excluding steroid dienone is 1. The molecule has 1 heterocycles. The fourth-order valence-electron chi connectivity index (χ4n) is 1.30. The fourth-order valence-corrected chi connectivity index (χ4v) is 1.95. The van der Waals surface area contributed by atoms with Gasteiger partial charge in [-0.1, -0.05) is 18.2 Å². The molecule has 16 heavy (non-hydrogen) atoms. The van der Waals surface area contributed by atoms with Gasteiger partial charge in [0, 0.05) is 10.9 Å². The summed E-state index contributed by atoms with van der Waals surface area (Å²) in [6.07, 6.45) is 3.20.